The molecule has 0 bridgehead atoms. The highest BCUT2D eigenvalue weighted by molar-refractivity contribution is 6.07. The van der Waals surface area contributed by atoms with Crippen LogP contribution in [0.2, 0.25) is 0 Å². The van der Waals surface area contributed by atoms with Gasteiger partial charge in [-0.1, -0.05) is 326 Å². The number of benzene rings is 18. The minimum absolute atomic E-state index is 0.906. The van der Waals surface area contributed by atoms with E-state index in [1.807, 2.05) is 24.3 Å². The topological polar surface area (TPSA) is 32.8 Å². The first-order valence-electron chi connectivity index (χ1n) is 39.8. The van der Waals surface area contributed by atoms with Gasteiger partial charge < -0.3 is 18.6 Å². The van der Waals surface area contributed by atoms with E-state index in [4.69, 9.17) is 8.83 Å². The summed E-state index contributed by atoms with van der Waals surface area (Å²) in [6.45, 7) is 8.50. The van der Waals surface area contributed by atoms with E-state index >= 15 is 0 Å². The molecule has 4 heteroatoms. The van der Waals surface area contributed by atoms with Crippen molar-refractivity contribution in [3.63, 3.8) is 0 Å². The van der Waals surface area contributed by atoms with Crippen molar-refractivity contribution in [1.82, 2.24) is 0 Å². The Morgan fingerprint density at radius 2 is 0.310 bits per heavy atom. The molecule has 2 heterocycles. The van der Waals surface area contributed by atoms with Gasteiger partial charge in [-0.3, -0.25) is 0 Å². The Balaban J connectivity index is 0.000000155. The maximum absolute atomic E-state index is 6.12. The quantitative estimate of drug-likeness (QED) is 0.0965. The van der Waals surface area contributed by atoms with Gasteiger partial charge in [0.25, 0.3) is 0 Å². The van der Waals surface area contributed by atoms with Gasteiger partial charge in [0.2, 0.25) is 0 Å². The van der Waals surface area contributed by atoms with Crippen LogP contribution in [0.25, 0.3) is 155 Å². The zero-order valence-electron chi connectivity index (χ0n) is 65.1. The summed E-state index contributed by atoms with van der Waals surface area (Å²) in [5.41, 5.74) is 39.2. The van der Waals surface area contributed by atoms with Crippen molar-refractivity contribution in [2.45, 2.75) is 27.7 Å². The van der Waals surface area contributed by atoms with Crippen molar-refractivity contribution in [2.75, 3.05) is 9.80 Å². The molecule has 0 aliphatic rings. The lowest BCUT2D eigenvalue weighted by molar-refractivity contribution is 0.668. The SMILES string of the molecule is Cc1ccc(-c2ccc(-c3ccc(N(c4ccc(-c5ccc(-c6ccc(C)cc6)cc5)cc4)c4ccc(-c5ccc6oc7ccccc7c6c5)cc4)cc3)cc2)cc1.Cc1ccc(-c2cccc(-c3ccc(N(c4ccc(-c5cccc(-c6ccc(C)cc6)c5)cc4)c4ccc(-c5ccc6oc7ccccc7c6c5)cc4)cc3)c2)cc1. The molecule has 0 N–H and O–H groups in total. The molecule has 2 aromatic heterocycles. The zero-order valence-corrected chi connectivity index (χ0v) is 65.1. The monoisotopic (exact) mass is 1490 g/mol. The van der Waals surface area contributed by atoms with E-state index in [9.17, 15) is 0 Å². The number of hydrogen-bond acceptors (Lipinski definition) is 4. The van der Waals surface area contributed by atoms with Gasteiger partial charge in [0.15, 0.2) is 0 Å². The largest absolute Gasteiger partial charge is 0.456 e. The summed E-state index contributed by atoms with van der Waals surface area (Å²) in [6.07, 6.45) is 0. The van der Waals surface area contributed by atoms with Gasteiger partial charge >= 0.3 is 0 Å². The lowest BCUT2D eigenvalue weighted by atomic mass is 9.98. The van der Waals surface area contributed by atoms with Crippen molar-refractivity contribution >= 4 is 78.0 Å². The Bertz CT molecular complexity index is 6600. The summed E-state index contributed by atoms with van der Waals surface area (Å²) in [7, 11) is 0. The standard InChI is InChI=1S/2C56H41NO/c1-38-13-17-40(18-14-38)45-7-5-9-47(35-45)42-21-28-50(29-22-42)57(51-30-23-43(24-31-51)48-10-6-8-46(36-48)41-19-15-39(2)16-20-41)52-32-25-44(26-33-52)49-27-34-56-54(37-49)53-11-3-4-12-55(53)58-56;1-38-7-11-40(12-8-38)42-15-19-44(20-16-42)46-23-30-50(31-24-46)57(51-32-25-47(26-33-51)45-21-17-43(18-22-45)41-13-9-39(2)10-14-41)52-34-27-48(28-35-52)49-29-36-56-54(37-49)53-5-3-4-6-55(53)58-56/h2*3-37H,1-2H3. The minimum Gasteiger partial charge on any atom is -0.456 e. The summed E-state index contributed by atoms with van der Waals surface area (Å²) in [5.74, 6) is 0. The molecule has 20 aromatic rings. The first-order valence-corrected chi connectivity index (χ1v) is 39.8. The van der Waals surface area contributed by atoms with E-state index < -0.39 is 0 Å². The molecule has 0 spiro atoms. The molecule has 18 aromatic carbocycles. The molecule has 0 aliphatic heterocycles. The smallest absolute Gasteiger partial charge is 0.135 e. The molecule has 0 amide bonds. The molecule has 0 fully saturated rings. The first-order chi connectivity index (χ1) is 57.0. The van der Waals surface area contributed by atoms with Gasteiger partial charge in [0.05, 0.1) is 0 Å². The van der Waals surface area contributed by atoms with Crippen LogP contribution in [0.1, 0.15) is 22.3 Å². The number of fused-ring (bicyclic) bond motifs is 6. The normalized spacial score (nSPS) is 11.3. The summed E-state index contributed by atoms with van der Waals surface area (Å²) >= 11 is 0. The lowest BCUT2D eigenvalue weighted by Gasteiger charge is -2.26. The molecular formula is C112H82N2O2. The summed E-state index contributed by atoms with van der Waals surface area (Å²) in [5, 5.41) is 4.54. The van der Waals surface area contributed by atoms with Gasteiger partial charge in [-0.2, -0.15) is 0 Å². The highest BCUT2D eigenvalue weighted by atomic mass is 16.3. The third-order valence-electron chi connectivity index (χ3n) is 22.5. The maximum atomic E-state index is 6.12. The molecule has 0 radical (unpaired) electrons. The Morgan fingerprint density at radius 1 is 0.138 bits per heavy atom. The van der Waals surface area contributed by atoms with Crippen molar-refractivity contribution < 1.29 is 8.83 Å². The maximum Gasteiger partial charge on any atom is 0.135 e. The fourth-order valence-electron chi connectivity index (χ4n) is 16.0. The number of para-hydroxylation sites is 2. The average molecular weight is 1490 g/mol. The number of rotatable bonds is 16. The molecule has 0 saturated carbocycles. The molecule has 116 heavy (non-hydrogen) atoms. The van der Waals surface area contributed by atoms with Gasteiger partial charge in [-0.15, -0.1) is 0 Å². The van der Waals surface area contributed by atoms with Gasteiger partial charge in [-0.05, 0) is 260 Å². The molecular weight excluding hydrogens is 1410 g/mol. The third kappa shape index (κ3) is 14.9. The second-order valence-electron chi connectivity index (χ2n) is 30.4. The lowest BCUT2D eigenvalue weighted by Crippen LogP contribution is -2.09. The van der Waals surface area contributed by atoms with Gasteiger partial charge in [0, 0.05) is 55.7 Å². The van der Waals surface area contributed by atoms with E-state index in [1.54, 1.807) is 0 Å². The predicted molar refractivity (Wildman–Crippen MR) is 490 cm³/mol. The van der Waals surface area contributed by atoms with Crippen LogP contribution in [0.5, 0.6) is 0 Å². The highest BCUT2D eigenvalue weighted by Crippen LogP contribution is 2.43. The molecule has 0 aliphatic carbocycles. The van der Waals surface area contributed by atoms with Crippen LogP contribution in [0, 0.1) is 27.7 Å². The number of nitrogens with zero attached hydrogens (tertiary/aromatic N) is 2. The van der Waals surface area contributed by atoms with Gasteiger partial charge in [0.1, 0.15) is 22.3 Å². The van der Waals surface area contributed by atoms with Crippen LogP contribution < -0.4 is 9.80 Å². The number of anilines is 6. The number of furan rings is 2. The number of hydrogen-bond donors (Lipinski definition) is 0. The fraction of sp³-hybridized carbons (Fsp3) is 0.0357. The van der Waals surface area contributed by atoms with E-state index in [0.717, 1.165) is 100 Å². The molecule has 4 nitrogen and oxygen atoms in total. The molecule has 552 valence electrons. The predicted octanol–water partition coefficient (Wildman–Crippen LogP) is 32.0. The summed E-state index contributed by atoms with van der Waals surface area (Å²) in [6, 6.07) is 153. The van der Waals surface area contributed by atoms with Crippen molar-refractivity contribution in [3.05, 3.63) is 447 Å². The van der Waals surface area contributed by atoms with Crippen LogP contribution in [-0.2, 0) is 0 Å². The van der Waals surface area contributed by atoms with Crippen molar-refractivity contribution in [2.24, 2.45) is 0 Å². The van der Waals surface area contributed by atoms with E-state index in [0.29, 0.717) is 0 Å². The van der Waals surface area contributed by atoms with Crippen LogP contribution in [0.4, 0.5) is 34.1 Å². The average Bonchev–Trinajstić information content (AvgIpc) is 1.54. The molecule has 0 atom stereocenters. The highest BCUT2D eigenvalue weighted by Gasteiger charge is 2.19. The van der Waals surface area contributed by atoms with Crippen molar-refractivity contribution in [3.8, 4) is 111 Å². The van der Waals surface area contributed by atoms with Gasteiger partial charge in [-0.25, -0.2) is 0 Å². The van der Waals surface area contributed by atoms with E-state index in [-0.39, 0.29) is 0 Å². The van der Waals surface area contributed by atoms with Crippen LogP contribution in [0.3, 0.4) is 0 Å². The Labute approximate surface area is 678 Å². The van der Waals surface area contributed by atoms with Crippen LogP contribution >= 0.6 is 0 Å². The Kier molecular flexibility index (Phi) is 19.3. The Morgan fingerprint density at radius 3 is 0.543 bits per heavy atom. The second kappa shape index (κ2) is 31.4. The fourth-order valence-corrected chi connectivity index (χ4v) is 16.0. The van der Waals surface area contributed by atoms with E-state index in [1.165, 1.54) is 111 Å². The van der Waals surface area contributed by atoms with Crippen molar-refractivity contribution in [1.29, 1.82) is 0 Å². The second-order valence-corrected chi connectivity index (χ2v) is 30.4. The summed E-state index contributed by atoms with van der Waals surface area (Å²) < 4.78 is 12.2. The number of aryl methyl sites for hydroxylation is 4. The first kappa shape index (κ1) is 71.5. The summed E-state index contributed by atoms with van der Waals surface area (Å²) in [4.78, 5) is 4.68. The minimum atomic E-state index is 0.906. The molecule has 0 saturated heterocycles. The third-order valence-corrected chi connectivity index (χ3v) is 22.5. The van der Waals surface area contributed by atoms with Crippen LogP contribution in [0.15, 0.2) is 433 Å². The Hall–Kier alpha value is -14.8. The van der Waals surface area contributed by atoms with Crippen LogP contribution in [-0.4, -0.2) is 0 Å². The molecule has 20 rings (SSSR count). The zero-order chi connectivity index (χ0) is 78.0. The van der Waals surface area contributed by atoms with E-state index in [2.05, 4.69) is 438 Å². The molecule has 0 unspecified atom stereocenters.